The van der Waals surface area contributed by atoms with Crippen LogP contribution < -0.4 is 5.73 Å². The first kappa shape index (κ1) is 10.4. The molecule has 0 spiro atoms. The van der Waals surface area contributed by atoms with Gasteiger partial charge >= 0.3 is 2.85 Å². The highest BCUT2D eigenvalue weighted by Crippen LogP contribution is 1.64. The van der Waals surface area contributed by atoms with E-state index in [9.17, 15) is 4.21 Å². The van der Waals surface area contributed by atoms with Gasteiger partial charge < -0.3 is 23.8 Å². The average Bonchev–Trinajstić information content (AvgIpc) is 1.35. The van der Waals surface area contributed by atoms with Crippen LogP contribution in [0.1, 0.15) is 2.85 Å². The molecule has 0 aromatic carbocycles. The van der Waals surface area contributed by atoms with Crippen molar-refractivity contribution in [1.29, 1.82) is 0 Å². The summed E-state index contributed by atoms with van der Waals surface area (Å²) in [6.45, 7) is 0.281. The van der Waals surface area contributed by atoms with Gasteiger partial charge in [0.2, 0.25) is 0 Å². The highest BCUT2D eigenvalue weighted by molar-refractivity contribution is 7.79. The van der Waals surface area contributed by atoms with Crippen molar-refractivity contribution in [3.05, 3.63) is 0 Å². The molecule has 3 N–H and O–H groups in total. The van der Waals surface area contributed by atoms with E-state index in [1.807, 2.05) is 0 Å². The van der Waals surface area contributed by atoms with E-state index in [0.717, 1.165) is 0 Å². The summed E-state index contributed by atoms with van der Waals surface area (Å²) in [7, 11) is 0. The van der Waals surface area contributed by atoms with Crippen molar-refractivity contribution in [1.82, 2.24) is 0 Å². The van der Waals surface area contributed by atoms with Crippen LogP contribution in [0.2, 0.25) is 0 Å². The normalized spacial score (nSPS) is 12.3. The molecule has 0 amide bonds. The quantitative estimate of drug-likeness (QED) is 0.507. The first-order chi connectivity index (χ1) is 2.77. The summed E-state index contributed by atoms with van der Waals surface area (Å²) in [4.78, 5) is 0. The van der Waals surface area contributed by atoms with E-state index in [1.165, 1.54) is 0 Å². The number of hydrogen-bond donors (Lipinski definition) is 2. The third-order valence-electron chi connectivity index (χ3n) is 0.292. The molecule has 0 aromatic heterocycles. The summed E-state index contributed by atoms with van der Waals surface area (Å²) in [6.07, 6.45) is 0. The molecule has 3 nitrogen and oxygen atoms in total. The van der Waals surface area contributed by atoms with Crippen LogP contribution in [0.4, 0.5) is 0 Å². The van der Waals surface area contributed by atoms with Gasteiger partial charge in [0.1, 0.15) is 0 Å². The Kier molecular flexibility index (Phi) is 9.55. The number of nitrogens with two attached hydrogens (primary N) is 1. The monoisotopic (exact) mass is 143 g/mol. The van der Waals surface area contributed by atoms with Crippen LogP contribution in [0.15, 0.2) is 0 Å². The Morgan fingerprint density at radius 1 is 1.86 bits per heavy atom. The second kappa shape index (κ2) is 6.42. The van der Waals surface area contributed by atoms with Gasteiger partial charge in [-0.05, 0) is 0 Å². The molecule has 0 heterocycles. The minimum absolute atomic E-state index is 0. The molecule has 0 bridgehead atoms. The summed E-state index contributed by atoms with van der Waals surface area (Å²) in [5, 5.41) is 0. The van der Waals surface area contributed by atoms with Gasteiger partial charge in [0.15, 0.2) is 11.1 Å². The maximum atomic E-state index is 9.63. The predicted octanol–water partition coefficient (Wildman–Crippen LogP) is -0.611. The molecular weight excluding hydrogens is 134 g/mol. The zero-order chi connectivity index (χ0) is 4.99. The molecule has 0 aliphatic carbocycles. The molecule has 7 heavy (non-hydrogen) atoms. The highest BCUT2D eigenvalue weighted by Gasteiger charge is 1.83. The number of hydrogen-bond acceptors (Lipinski definition) is 2. The molecular formula is C2H9NO2S2. The lowest BCUT2D eigenvalue weighted by atomic mass is 10.8. The zero-order valence-corrected chi connectivity index (χ0v) is 5.30. The van der Waals surface area contributed by atoms with Crippen LogP contribution in [0.5, 0.6) is 0 Å². The zero-order valence-electron chi connectivity index (χ0n) is 5.66. The van der Waals surface area contributed by atoms with Crippen molar-refractivity contribution in [3.8, 4) is 0 Å². The molecule has 0 rings (SSSR count). The Labute approximate surface area is 55.0 Å². The lowest BCUT2D eigenvalue weighted by Crippen LogP contribution is -2.08. The molecule has 1 unspecified atom stereocenters. The van der Waals surface area contributed by atoms with Gasteiger partial charge in [0.25, 0.3) is 0 Å². The van der Waals surface area contributed by atoms with E-state index in [-0.39, 0.29) is 28.6 Å². The van der Waals surface area contributed by atoms with Crippen LogP contribution >= 0.6 is 0 Å². The molecule has 0 saturated carbocycles. The fourth-order valence-electron chi connectivity index (χ4n) is 0.101. The summed E-state index contributed by atoms with van der Waals surface area (Å²) < 4.78 is 17.6. The van der Waals surface area contributed by atoms with Crippen LogP contribution in [0, 0.1) is 0 Å². The van der Waals surface area contributed by atoms with Gasteiger partial charge in [-0.15, -0.1) is 0 Å². The maximum Gasteiger partial charge on any atom is 1.00 e. The third kappa shape index (κ3) is 10.7. The van der Waals surface area contributed by atoms with E-state index >= 15 is 0 Å². The Bertz CT molecular complexity index is 64.5. The molecule has 0 aliphatic rings. The van der Waals surface area contributed by atoms with Crippen molar-refractivity contribution in [3.63, 3.8) is 0 Å². The highest BCUT2D eigenvalue weighted by atomic mass is 32.2. The van der Waals surface area contributed by atoms with Gasteiger partial charge in [-0.2, -0.15) is 0 Å². The van der Waals surface area contributed by atoms with Crippen LogP contribution in [0.3, 0.4) is 0 Å². The second-order valence-electron chi connectivity index (χ2n) is 0.814. The van der Waals surface area contributed by atoms with E-state index in [0.29, 0.717) is 0 Å². The van der Waals surface area contributed by atoms with Gasteiger partial charge in [-0.3, -0.25) is 0 Å². The van der Waals surface area contributed by atoms with Crippen LogP contribution in [-0.2, 0) is 24.6 Å². The molecule has 1 atom stereocenters. The maximum absolute atomic E-state index is 9.63. The number of rotatable bonds is 2. The van der Waals surface area contributed by atoms with Crippen molar-refractivity contribution in [2.75, 3.05) is 12.3 Å². The third-order valence-corrected chi connectivity index (χ3v) is 0.877. The second-order valence-corrected chi connectivity index (χ2v) is 1.87. The molecule has 0 fully saturated rings. The Balaban J connectivity index is -0.0000000417. The molecule has 0 radical (unpaired) electrons. The SMILES string of the molecule is NCCS(=O)O.[H+].[H+].[S-2]. The average molecular weight is 143 g/mol. The van der Waals surface area contributed by atoms with Crippen molar-refractivity contribution >= 4 is 24.6 Å². The van der Waals surface area contributed by atoms with E-state index in [2.05, 4.69) is 0 Å². The van der Waals surface area contributed by atoms with Crippen molar-refractivity contribution < 1.29 is 11.6 Å². The summed E-state index contributed by atoms with van der Waals surface area (Å²) in [6, 6.07) is 0. The fraction of sp³-hybridized carbons (Fsp3) is 1.00. The standard InChI is InChI=1S/C2H7NO2S.S/c3-1-2-6(4)5;/h1-3H2,(H,4,5);/q;-2/p+2. The minimum Gasteiger partial charge on any atom is -2.00 e. The molecule has 5 heteroatoms. The van der Waals surface area contributed by atoms with Crippen molar-refractivity contribution in [2.24, 2.45) is 5.73 Å². The van der Waals surface area contributed by atoms with Crippen LogP contribution in [0.25, 0.3) is 0 Å². The largest absolute Gasteiger partial charge is 2.00 e. The first-order valence-corrected chi connectivity index (χ1v) is 2.82. The van der Waals surface area contributed by atoms with E-state index in [4.69, 9.17) is 10.3 Å². The predicted molar refractivity (Wildman–Crippen MR) is 34.3 cm³/mol. The lowest BCUT2D eigenvalue weighted by molar-refractivity contribution is 0.564. The van der Waals surface area contributed by atoms with Gasteiger partial charge in [-0.1, -0.05) is 0 Å². The van der Waals surface area contributed by atoms with Gasteiger partial charge in [-0.25, -0.2) is 4.21 Å². The van der Waals surface area contributed by atoms with Gasteiger partial charge in [0.05, 0.1) is 5.75 Å². The van der Waals surface area contributed by atoms with E-state index < -0.39 is 11.1 Å². The summed E-state index contributed by atoms with van der Waals surface area (Å²) in [5.41, 5.74) is 4.88. The molecule has 0 saturated heterocycles. The Morgan fingerprint density at radius 3 is 2.29 bits per heavy atom. The molecule has 0 aromatic rings. The van der Waals surface area contributed by atoms with Crippen LogP contribution in [-0.4, -0.2) is 21.1 Å². The topological polar surface area (TPSA) is 63.3 Å². The smallest absolute Gasteiger partial charge is 1.00 e. The lowest BCUT2D eigenvalue weighted by Gasteiger charge is -2.00. The van der Waals surface area contributed by atoms with Gasteiger partial charge in [0, 0.05) is 6.54 Å². The van der Waals surface area contributed by atoms with Crippen molar-refractivity contribution in [2.45, 2.75) is 0 Å². The Morgan fingerprint density at radius 2 is 2.29 bits per heavy atom. The molecule has 46 valence electrons. The van der Waals surface area contributed by atoms with E-state index in [1.54, 1.807) is 0 Å². The summed E-state index contributed by atoms with van der Waals surface area (Å²) >= 11 is -1.69. The molecule has 0 aliphatic heterocycles. The Hall–Kier alpha value is 0.420. The summed E-state index contributed by atoms with van der Waals surface area (Å²) in [5.74, 6) is 0.181. The first-order valence-electron chi connectivity index (χ1n) is 1.55. The minimum atomic E-state index is -1.69. The fourth-order valence-corrected chi connectivity index (χ4v) is 0.302.